The molecule has 62 heavy (non-hydrogen) atoms. The molecular formula is C46H58N8O8. The second kappa shape index (κ2) is 18.9. The quantitative estimate of drug-likeness (QED) is 0.0892. The van der Waals surface area contributed by atoms with Crippen LogP contribution in [0.15, 0.2) is 48.5 Å². The fourth-order valence-electron chi connectivity index (χ4n) is 8.86. The molecular weight excluding hydrogens is 793 g/mol. The minimum Gasteiger partial charge on any atom is -0.453 e. The lowest BCUT2D eigenvalue weighted by atomic mass is 9.91. The van der Waals surface area contributed by atoms with E-state index in [4.69, 9.17) is 28.9 Å². The molecule has 0 spiro atoms. The molecule has 16 nitrogen and oxygen atoms in total. The van der Waals surface area contributed by atoms with Crippen molar-refractivity contribution in [2.24, 2.45) is 11.8 Å². The van der Waals surface area contributed by atoms with Crippen LogP contribution >= 0.6 is 0 Å². The molecule has 4 atom stereocenters. The highest BCUT2D eigenvalue weighted by Crippen LogP contribution is 2.38. The standard InChI is InChI=1S/C46H58N8O8/c1-25(2)39(51-45(57)61-7)43(55)53-17-9-11-37(53)41-47-33-15-13-27(21-35(33)49-41)31-19-30(24-60-6)32(20-29(31)23-59-5)28-14-16-34-36(22-28)50-42(48-34)38-12-10-18-54(38)44(56)40(26(3)4)52-46(58)62-8/h13-16,19-22,25-26,37-40H,9-12,17-18,23-24H2,1-8H3,(H,47,49)(H,48,50)(H,51,57)(H,52,58)/t37-,38?,39-,40-/m0/s1. The van der Waals surface area contributed by atoms with E-state index < -0.39 is 24.3 Å². The minimum absolute atomic E-state index is 0.132. The lowest BCUT2D eigenvalue weighted by molar-refractivity contribution is -0.136. The number of ether oxygens (including phenoxy) is 4. The van der Waals surface area contributed by atoms with Crippen LogP contribution in [-0.2, 0) is 41.8 Å². The Balaban J connectivity index is 1.18. The summed E-state index contributed by atoms with van der Waals surface area (Å²) in [6.07, 6.45) is 1.87. The first kappa shape index (κ1) is 44.1. The van der Waals surface area contributed by atoms with Crippen LogP contribution in [0.25, 0.3) is 44.3 Å². The van der Waals surface area contributed by atoms with Crippen LogP contribution in [0, 0.1) is 11.8 Å². The first-order chi connectivity index (χ1) is 29.8. The summed E-state index contributed by atoms with van der Waals surface area (Å²) in [7, 11) is 5.93. The number of benzene rings is 3. The van der Waals surface area contributed by atoms with Crippen molar-refractivity contribution in [3.8, 4) is 22.3 Å². The largest absolute Gasteiger partial charge is 0.453 e. The van der Waals surface area contributed by atoms with Crippen LogP contribution in [0.2, 0.25) is 0 Å². The Morgan fingerprint density at radius 2 is 1.05 bits per heavy atom. The van der Waals surface area contributed by atoms with E-state index in [2.05, 4.69) is 57.0 Å². The smallest absolute Gasteiger partial charge is 0.407 e. The molecule has 16 heteroatoms. The maximum atomic E-state index is 13.8. The Labute approximate surface area is 361 Å². The number of aromatic amines is 2. The molecule has 0 aliphatic carbocycles. The molecule has 0 saturated carbocycles. The highest BCUT2D eigenvalue weighted by atomic mass is 16.5. The van der Waals surface area contributed by atoms with Gasteiger partial charge in [0, 0.05) is 27.3 Å². The molecule has 3 aromatic carbocycles. The average Bonchev–Trinajstić information content (AvgIpc) is 4.09. The number of H-pyrrole nitrogens is 2. The molecule has 2 aromatic heterocycles. The van der Waals surface area contributed by atoms with Crippen LogP contribution in [0.5, 0.6) is 0 Å². The second-order valence-corrected chi connectivity index (χ2v) is 16.8. The predicted octanol–water partition coefficient (Wildman–Crippen LogP) is 7.15. The van der Waals surface area contributed by atoms with Crippen LogP contribution in [-0.4, -0.2) is 107 Å². The molecule has 2 aliphatic rings. The van der Waals surface area contributed by atoms with Gasteiger partial charge >= 0.3 is 12.2 Å². The lowest BCUT2D eigenvalue weighted by Gasteiger charge is -2.29. The van der Waals surface area contributed by atoms with Crippen molar-refractivity contribution in [3.63, 3.8) is 0 Å². The fraction of sp³-hybridized carbons (Fsp3) is 0.478. The monoisotopic (exact) mass is 850 g/mol. The third kappa shape index (κ3) is 8.98. The van der Waals surface area contributed by atoms with E-state index in [1.54, 1.807) is 14.2 Å². The fourth-order valence-corrected chi connectivity index (χ4v) is 8.86. The van der Waals surface area contributed by atoms with Gasteiger partial charge < -0.3 is 49.3 Å². The molecule has 0 radical (unpaired) electrons. The minimum atomic E-state index is -0.719. The van der Waals surface area contributed by atoms with E-state index in [0.717, 1.165) is 81.1 Å². The molecule has 4 amide bonds. The Morgan fingerprint density at radius 1 is 0.645 bits per heavy atom. The summed E-state index contributed by atoms with van der Waals surface area (Å²) < 4.78 is 21.1. The van der Waals surface area contributed by atoms with Crippen molar-refractivity contribution in [1.29, 1.82) is 0 Å². The van der Waals surface area contributed by atoms with E-state index in [-0.39, 0.29) is 35.7 Å². The number of hydrogen-bond donors (Lipinski definition) is 4. The first-order valence-electron chi connectivity index (χ1n) is 21.3. The molecule has 5 aromatic rings. The number of methoxy groups -OCH3 is 4. The highest BCUT2D eigenvalue weighted by Gasteiger charge is 2.39. The van der Waals surface area contributed by atoms with Gasteiger partial charge in [0.1, 0.15) is 23.7 Å². The number of likely N-dealkylation sites (tertiary alicyclic amines) is 2. The molecule has 2 aliphatic heterocycles. The van der Waals surface area contributed by atoms with Crippen LogP contribution < -0.4 is 10.6 Å². The second-order valence-electron chi connectivity index (χ2n) is 16.8. The van der Waals surface area contributed by atoms with Crippen molar-refractivity contribution in [3.05, 3.63) is 71.3 Å². The van der Waals surface area contributed by atoms with Crippen LogP contribution in [0.4, 0.5) is 9.59 Å². The molecule has 2 saturated heterocycles. The van der Waals surface area contributed by atoms with Gasteiger partial charge in [-0.3, -0.25) is 9.59 Å². The van der Waals surface area contributed by atoms with Gasteiger partial charge in [0.2, 0.25) is 11.8 Å². The number of imidazole rings is 2. The molecule has 4 N–H and O–H groups in total. The molecule has 330 valence electrons. The summed E-state index contributed by atoms with van der Waals surface area (Å²) in [5, 5.41) is 5.43. The van der Waals surface area contributed by atoms with Gasteiger partial charge in [-0.1, -0.05) is 39.8 Å². The number of fused-ring (bicyclic) bond motifs is 2. The Hall–Kier alpha value is -6.00. The van der Waals surface area contributed by atoms with Gasteiger partial charge in [0.15, 0.2) is 0 Å². The summed E-state index contributed by atoms with van der Waals surface area (Å²) in [5.41, 5.74) is 9.08. The van der Waals surface area contributed by atoms with Crippen LogP contribution in [0.1, 0.15) is 88.2 Å². The molecule has 4 heterocycles. The Kier molecular flexibility index (Phi) is 13.5. The summed E-state index contributed by atoms with van der Waals surface area (Å²) >= 11 is 0. The van der Waals surface area contributed by atoms with Crippen LogP contribution in [0.3, 0.4) is 0 Å². The molecule has 2 fully saturated rings. The summed E-state index contributed by atoms with van der Waals surface area (Å²) in [6.45, 7) is 9.45. The molecule has 1 unspecified atom stereocenters. The maximum absolute atomic E-state index is 13.8. The Bertz CT molecular complexity index is 2270. The van der Waals surface area contributed by atoms with Crippen molar-refractivity contribution < 1.29 is 38.1 Å². The number of nitrogens with zero attached hydrogens (tertiary/aromatic N) is 4. The zero-order valence-corrected chi connectivity index (χ0v) is 36.8. The van der Waals surface area contributed by atoms with Crippen molar-refractivity contribution in [2.75, 3.05) is 41.5 Å². The van der Waals surface area contributed by atoms with Crippen molar-refractivity contribution in [1.82, 2.24) is 40.4 Å². The number of aromatic nitrogens is 4. The van der Waals surface area contributed by atoms with Gasteiger partial charge in [0.05, 0.1) is 61.6 Å². The summed E-state index contributed by atoms with van der Waals surface area (Å²) in [5.74, 6) is 0.828. The molecule has 7 rings (SSSR count). The first-order valence-corrected chi connectivity index (χ1v) is 21.3. The zero-order chi connectivity index (χ0) is 44.2. The van der Waals surface area contributed by atoms with Gasteiger partial charge in [-0.05, 0) is 107 Å². The number of amides is 4. The number of carbonyl (C=O) groups is 4. The highest BCUT2D eigenvalue weighted by molar-refractivity contribution is 5.89. The topological polar surface area (TPSA) is 193 Å². The third-order valence-electron chi connectivity index (χ3n) is 12.0. The van der Waals surface area contributed by atoms with Crippen molar-refractivity contribution >= 4 is 46.1 Å². The van der Waals surface area contributed by atoms with E-state index >= 15 is 0 Å². The van der Waals surface area contributed by atoms with E-state index in [0.29, 0.717) is 38.0 Å². The van der Waals surface area contributed by atoms with Gasteiger partial charge in [-0.15, -0.1) is 0 Å². The van der Waals surface area contributed by atoms with Gasteiger partial charge in [0.25, 0.3) is 0 Å². The van der Waals surface area contributed by atoms with Gasteiger partial charge in [-0.25, -0.2) is 19.6 Å². The lowest BCUT2D eigenvalue weighted by Crippen LogP contribution is -2.51. The normalized spacial score (nSPS) is 17.6. The third-order valence-corrected chi connectivity index (χ3v) is 12.0. The number of hydrogen-bond acceptors (Lipinski definition) is 10. The maximum Gasteiger partial charge on any atom is 0.407 e. The number of rotatable bonds is 14. The van der Waals surface area contributed by atoms with E-state index in [9.17, 15) is 19.2 Å². The SMILES string of the molecule is COCc1cc(-c2ccc3[nH]c([C@@H]4CCCN4C(=O)[C@@H](NC(=O)OC)C(C)C)nc3c2)c(COC)cc1-c1ccc2[nH]c(C3CCCN3C(=O)[C@@H](NC(=O)OC)C(C)C)nc2c1. The summed E-state index contributed by atoms with van der Waals surface area (Å²) in [4.78, 5) is 72.4. The predicted molar refractivity (Wildman–Crippen MR) is 234 cm³/mol. The molecule has 0 bridgehead atoms. The van der Waals surface area contributed by atoms with Crippen molar-refractivity contribution in [2.45, 2.75) is 90.8 Å². The zero-order valence-electron chi connectivity index (χ0n) is 36.8. The van der Waals surface area contributed by atoms with E-state index in [1.807, 2.05) is 49.6 Å². The number of alkyl carbamates (subject to hydrolysis) is 2. The van der Waals surface area contributed by atoms with E-state index in [1.165, 1.54) is 14.2 Å². The number of nitrogens with one attached hydrogen (secondary N) is 4. The van der Waals surface area contributed by atoms with Gasteiger partial charge in [-0.2, -0.15) is 0 Å². The summed E-state index contributed by atoms with van der Waals surface area (Å²) in [6, 6.07) is 14.6. The average molecular weight is 851 g/mol. The number of carbonyl (C=O) groups excluding carboxylic acids is 4. The Morgan fingerprint density at radius 3 is 1.40 bits per heavy atom.